The van der Waals surface area contributed by atoms with Gasteiger partial charge < -0.3 is 4.90 Å². The lowest BCUT2D eigenvalue weighted by atomic mass is 9.89. The fraction of sp³-hybridized carbons (Fsp3) is 0.929. The molecule has 1 fully saturated rings. The third-order valence-electron chi connectivity index (χ3n) is 3.80. The van der Waals surface area contributed by atoms with E-state index in [4.69, 9.17) is 5.26 Å². The molecule has 1 heterocycles. The standard InChI is InChI=1S/C14H26N2/c1-12-6-7-13(2)16(10-12)9-5-8-14(3,4)11-15/h12-13H,5-10H2,1-4H3. The number of nitrogens with zero attached hydrogens (tertiary/aromatic N) is 2. The Kier molecular flexibility index (Phi) is 4.80. The average molecular weight is 222 g/mol. The van der Waals surface area contributed by atoms with Gasteiger partial charge in [-0.3, -0.25) is 0 Å². The molecule has 1 rings (SSSR count). The smallest absolute Gasteiger partial charge is 0.0683 e. The van der Waals surface area contributed by atoms with E-state index in [0.29, 0.717) is 0 Å². The lowest BCUT2D eigenvalue weighted by Gasteiger charge is -2.37. The van der Waals surface area contributed by atoms with Crippen molar-refractivity contribution in [2.45, 2.75) is 59.4 Å². The van der Waals surface area contributed by atoms with E-state index in [-0.39, 0.29) is 5.41 Å². The monoisotopic (exact) mass is 222 g/mol. The second-order valence-electron chi connectivity index (χ2n) is 6.13. The first-order valence-electron chi connectivity index (χ1n) is 6.60. The number of likely N-dealkylation sites (tertiary alicyclic amines) is 1. The Bertz CT molecular complexity index is 252. The van der Waals surface area contributed by atoms with E-state index in [1.807, 2.05) is 13.8 Å². The molecule has 0 saturated carbocycles. The first-order chi connectivity index (χ1) is 7.44. The third kappa shape index (κ3) is 4.14. The van der Waals surface area contributed by atoms with Crippen LogP contribution in [0.3, 0.4) is 0 Å². The highest BCUT2D eigenvalue weighted by Gasteiger charge is 2.23. The Hall–Kier alpha value is -0.550. The summed E-state index contributed by atoms with van der Waals surface area (Å²) in [5.41, 5.74) is -0.148. The van der Waals surface area contributed by atoms with Crippen LogP contribution in [-0.4, -0.2) is 24.0 Å². The zero-order chi connectivity index (χ0) is 12.2. The van der Waals surface area contributed by atoms with Crippen molar-refractivity contribution < 1.29 is 0 Å². The molecule has 92 valence electrons. The van der Waals surface area contributed by atoms with E-state index in [9.17, 15) is 0 Å². The predicted octanol–water partition coefficient (Wildman–Crippen LogP) is 3.44. The first-order valence-corrected chi connectivity index (χ1v) is 6.60. The van der Waals surface area contributed by atoms with Crippen LogP contribution in [-0.2, 0) is 0 Å². The molecule has 2 unspecified atom stereocenters. The van der Waals surface area contributed by atoms with Gasteiger partial charge in [-0.2, -0.15) is 5.26 Å². The van der Waals surface area contributed by atoms with Crippen molar-refractivity contribution in [3.8, 4) is 6.07 Å². The van der Waals surface area contributed by atoms with Crippen LogP contribution in [0.4, 0.5) is 0 Å². The fourth-order valence-electron chi connectivity index (χ4n) is 2.47. The molecule has 1 aliphatic heterocycles. The largest absolute Gasteiger partial charge is 0.300 e. The van der Waals surface area contributed by atoms with Crippen molar-refractivity contribution in [1.29, 1.82) is 5.26 Å². The summed E-state index contributed by atoms with van der Waals surface area (Å²) >= 11 is 0. The third-order valence-corrected chi connectivity index (χ3v) is 3.80. The Morgan fingerprint density at radius 2 is 2.00 bits per heavy atom. The molecule has 0 N–H and O–H groups in total. The maximum Gasteiger partial charge on any atom is 0.0683 e. The van der Waals surface area contributed by atoms with E-state index >= 15 is 0 Å². The second-order valence-corrected chi connectivity index (χ2v) is 6.13. The maximum absolute atomic E-state index is 8.96. The van der Waals surface area contributed by atoms with Gasteiger partial charge in [-0.25, -0.2) is 0 Å². The van der Waals surface area contributed by atoms with Gasteiger partial charge in [-0.15, -0.1) is 0 Å². The Balaban J connectivity index is 2.29. The zero-order valence-corrected chi connectivity index (χ0v) is 11.3. The number of hydrogen-bond acceptors (Lipinski definition) is 2. The van der Waals surface area contributed by atoms with E-state index in [2.05, 4.69) is 24.8 Å². The summed E-state index contributed by atoms with van der Waals surface area (Å²) in [6.07, 6.45) is 4.88. The molecule has 0 radical (unpaired) electrons. The first kappa shape index (κ1) is 13.5. The molecule has 0 aromatic heterocycles. The molecule has 0 aliphatic carbocycles. The summed E-state index contributed by atoms with van der Waals surface area (Å²) in [6, 6.07) is 3.12. The number of nitriles is 1. The summed E-state index contributed by atoms with van der Waals surface area (Å²) in [4.78, 5) is 2.60. The molecular formula is C14H26N2. The fourth-order valence-corrected chi connectivity index (χ4v) is 2.47. The predicted molar refractivity (Wildman–Crippen MR) is 68.1 cm³/mol. The SMILES string of the molecule is CC1CCC(C)N(CCCC(C)(C)C#N)C1. The highest BCUT2D eigenvalue weighted by atomic mass is 15.2. The molecule has 0 aromatic rings. The van der Waals surface area contributed by atoms with Crippen LogP contribution in [0.5, 0.6) is 0 Å². The highest BCUT2D eigenvalue weighted by molar-refractivity contribution is 4.91. The van der Waals surface area contributed by atoms with Crippen LogP contribution in [0.2, 0.25) is 0 Å². The summed E-state index contributed by atoms with van der Waals surface area (Å²) in [7, 11) is 0. The van der Waals surface area contributed by atoms with Gasteiger partial charge in [0, 0.05) is 12.6 Å². The molecule has 0 aromatic carbocycles. The molecule has 16 heavy (non-hydrogen) atoms. The van der Waals surface area contributed by atoms with Gasteiger partial charge in [0.1, 0.15) is 0 Å². The summed E-state index contributed by atoms with van der Waals surface area (Å²) in [5, 5.41) is 8.96. The van der Waals surface area contributed by atoms with E-state index in [1.54, 1.807) is 0 Å². The number of hydrogen-bond donors (Lipinski definition) is 0. The summed E-state index contributed by atoms with van der Waals surface area (Å²) in [6.45, 7) is 11.2. The zero-order valence-electron chi connectivity index (χ0n) is 11.3. The van der Waals surface area contributed by atoms with Crippen LogP contribution in [0.15, 0.2) is 0 Å². The van der Waals surface area contributed by atoms with Gasteiger partial charge >= 0.3 is 0 Å². The van der Waals surface area contributed by atoms with Crippen molar-refractivity contribution in [3.63, 3.8) is 0 Å². The Labute approximate surface area is 101 Å². The van der Waals surface area contributed by atoms with Gasteiger partial charge in [-0.05, 0) is 58.9 Å². The Morgan fingerprint density at radius 3 is 2.62 bits per heavy atom. The maximum atomic E-state index is 8.96. The summed E-state index contributed by atoms with van der Waals surface area (Å²) in [5.74, 6) is 0.847. The highest BCUT2D eigenvalue weighted by Crippen LogP contribution is 2.24. The van der Waals surface area contributed by atoms with E-state index in [1.165, 1.54) is 19.4 Å². The molecule has 1 aliphatic rings. The molecule has 2 nitrogen and oxygen atoms in total. The lowest BCUT2D eigenvalue weighted by Crippen LogP contribution is -2.41. The van der Waals surface area contributed by atoms with Crippen molar-refractivity contribution in [1.82, 2.24) is 4.90 Å². The van der Waals surface area contributed by atoms with Crippen LogP contribution < -0.4 is 0 Å². The van der Waals surface area contributed by atoms with Crippen LogP contribution in [0, 0.1) is 22.7 Å². The topological polar surface area (TPSA) is 27.0 Å². The van der Waals surface area contributed by atoms with Gasteiger partial charge in [0.05, 0.1) is 11.5 Å². The minimum Gasteiger partial charge on any atom is -0.300 e. The van der Waals surface area contributed by atoms with Crippen LogP contribution in [0.25, 0.3) is 0 Å². The average Bonchev–Trinajstić information content (AvgIpc) is 2.23. The molecular weight excluding hydrogens is 196 g/mol. The van der Waals surface area contributed by atoms with Crippen LogP contribution in [0.1, 0.15) is 53.4 Å². The van der Waals surface area contributed by atoms with Crippen molar-refractivity contribution in [2.24, 2.45) is 11.3 Å². The van der Waals surface area contributed by atoms with Gasteiger partial charge in [0.25, 0.3) is 0 Å². The van der Waals surface area contributed by atoms with Gasteiger partial charge in [0.2, 0.25) is 0 Å². The quantitative estimate of drug-likeness (QED) is 0.728. The second kappa shape index (κ2) is 5.68. The van der Waals surface area contributed by atoms with E-state index in [0.717, 1.165) is 31.3 Å². The number of rotatable bonds is 4. The minimum atomic E-state index is -0.148. The molecule has 0 amide bonds. The Morgan fingerprint density at radius 1 is 1.31 bits per heavy atom. The normalized spacial score (nSPS) is 27.7. The van der Waals surface area contributed by atoms with Gasteiger partial charge in [-0.1, -0.05) is 6.92 Å². The molecule has 2 heteroatoms. The van der Waals surface area contributed by atoms with E-state index < -0.39 is 0 Å². The minimum absolute atomic E-state index is 0.148. The molecule has 0 bridgehead atoms. The van der Waals surface area contributed by atoms with Crippen molar-refractivity contribution in [3.05, 3.63) is 0 Å². The molecule has 0 spiro atoms. The van der Waals surface area contributed by atoms with Crippen molar-refractivity contribution >= 4 is 0 Å². The molecule has 2 atom stereocenters. The van der Waals surface area contributed by atoms with Crippen molar-refractivity contribution in [2.75, 3.05) is 13.1 Å². The lowest BCUT2D eigenvalue weighted by molar-refractivity contribution is 0.120. The molecule has 1 saturated heterocycles. The number of piperidine rings is 1. The van der Waals surface area contributed by atoms with Gasteiger partial charge in [0.15, 0.2) is 0 Å². The van der Waals surface area contributed by atoms with Crippen LogP contribution >= 0.6 is 0 Å². The summed E-state index contributed by atoms with van der Waals surface area (Å²) < 4.78 is 0.